The van der Waals surface area contributed by atoms with Crippen molar-refractivity contribution in [3.05, 3.63) is 34.4 Å². The van der Waals surface area contributed by atoms with Gasteiger partial charge < -0.3 is 10.1 Å². The molecular weight excluding hydrogens is 246 g/mol. The van der Waals surface area contributed by atoms with Gasteiger partial charge in [0.05, 0.1) is 12.6 Å². The van der Waals surface area contributed by atoms with E-state index in [1.807, 2.05) is 0 Å². The van der Waals surface area contributed by atoms with E-state index in [2.05, 4.69) is 45.1 Å². The van der Waals surface area contributed by atoms with Crippen LogP contribution in [-0.4, -0.2) is 19.8 Å². The van der Waals surface area contributed by atoms with Crippen LogP contribution >= 0.6 is 0 Å². The molecule has 0 bridgehead atoms. The minimum atomic E-state index is 0.328. The molecule has 1 saturated carbocycles. The minimum absolute atomic E-state index is 0.328. The molecule has 2 heteroatoms. The van der Waals surface area contributed by atoms with Crippen molar-refractivity contribution in [3.8, 4) is 0 Å². The monoisotopic (exact) mass is 275 g/mol. The molecule has 1 aliphatic rings. The summed E-state index contributed by atoms with van der Waals surface area (Å²) in [6.45, 7) is 11.6. The van der Waals surface area contributed by atoms with E-state index in [0.29, 0.717) is 6.04 Å². The number of ether oxygens (including phenoxy) is 1. The Bertz CT molecular complexity index is 414. The van der Waals surface area contributed by atoms with Crippen LogP contribution in [0.2, 0.25) is 0 Å². The first-order chi connectivity index (χ1) is 9.61. The highest BCUT2D eigenvalue weighted by Gasteiger charge is 2.23. The van der Waals surface area contributed by atoms with E-state index in [0.717, 1.165) is 32.1 Å². The Morgan fingerprint density at radius 1 is 1.20 bits per heavy atom. The lowest BCUT2D eigenvalue weighted by atomic mass is 9.94. The van der Waals surface area contributed by atoms with Gasteiger partial charge in [-0.25, -0.2) is 0 Å². The maximum atomic E-state index is 5.95. The second-order valence-electron chi connectivity index (χ2n) is 6.30. The summed E-state index contributed by atoms with van der Waals surface area (Å²) in [6, 6.07) is 4.89. The van der Waals surface area contributed by atoms with E-state index in [-0.39, 0.29) is 0 Å². The SMILES string of the molecule is CCCNC(COCC1CC1)c1c(C)cc(C)cc1C. The third-order valence-corrected chi connectivity index (χ3v) is 4.06. The van der Waals surface area contributed by atoms with Crippen LogP contribution in [0.3, 0.4) is 0 Å². The predicted octanol–water partition coefficient (Wildman–Crippen LogP) is 4.08. The Morgan fingerprint density at radius 3 is 2.40 bits per heavy atom. The maximum Gasteiger partial charge on any atom is 0.0661 e. The Morgan fingerprint density at radius 2 is 1.85 bits per heavy atom. The van der Waals surface area contributed by atoms with Crippen molar-refractivity contribution in [2.24, 2.45) is 5.92 Å². The van der Waals surface area contributed by atoms with E-state index in [9.17, 15) is 0 Å². The van der Waals surface area contributed by atoms with Crippen molar-refractivity contribution in [2.75, 3.05) is 19.8 Å². The van der Waals surface area contributed by atoms with Crippen LogP contribution in [0.1, 0.15) is 54.5 Å². The number of hydrogen-bond acceptors (Lipinski definition) is 2. The van der Waals surface area contributed by atoms with Crippen LogP contribution < -0.4 is 5.32 Å². The zero-order chi connectivity index (χ0) is 14.5. The summed E-state index contributed by atoms with van der Waals surface area (Å²) in [5, 5.41) is 3.66. The molecular formula is C18H29NO. The fourth-order valence-corrected chi connectivity index (χ4v) is 2.94. The summed E-state index contributed by atoms with van der Waals surface area (Å²) in [5.74, 6) is 0.835. The van der Waals surface area contributed by atoms with Crippen LogP contribution in [0.5, 0.6) is 0 Å². The van der Waals surface area contributed by atoms with Gasteiger partial charge in [0.2, 0.25) is 0 Å². The quantitative estimate of drug-likeness (QED) is 0.772. The number of benzene rings is 1. The largest absolute Gasteiger partial charge is 0.379 e. The number of nitrogens with one attached hydrogen (secondary N) is 1. The molecule has 2 nitrogen and oxygen atoms in total. The highest BCUT2D eigenvalue weighted by molar-refractivity contribution is 5.39. The first kappa shape index (κ1) is 15.5. The number of aryl methyl sites for hydroxylation is 3. The first-order valence-electron chi connectivity index (χ1n) is 8.00. The number of rotatable bonds is 8. The standard InChI is InChI=1S/C18H29NO/c1-5-8-19-17(12-20-11-16-6-7-16)18-14(3)9-13(2)10-15(18)4/h9-10,16-17,19H,5-8,11-12H2,1-4H3. The predicted molar refractivity (Wildman–Crippen MR) is 85.2 cm³/mol. The fourth-order valence-electron chi connectivity index (χ4n) is 2.94. The third-order valence-electron chi connectivity index (χ3n) is 4.06. The van der Waals surface area contributed by atoms with Crippen molar-refractivity contribution in [1.29, 1.82) is 0 Å². The molecule has 1 N–H and O–H groups in total. The van der Waals surface area contributed by atoms with E-state index >= 15 is 0 Å². The van der Waals surface area contributed by atoms with E-state index < -0.39 is 0 Å². The molecule has 0 amide bonds. The number of hydrogen-bond donors (Lipinski definition) is 1. The summed E-state index contributed by atoms with van der Waals surface area (Å²) in [7, 11) is 0. The van der Waals surface area contributed by atoms with Gasteiger partial charge in [0, 0.05) is 6.61 Å². The molecule has 0 saturated heterocycles. The third kappa shape index (κ3) is 4.32. The smallest absolute Gasteiger partial charge is 0.0661 e. The average molecular weight is 275 g/mol. The molecule has 0 spiro atoms. The topological polar surface area (TPSA) is 21.3 Å². The molecule has 1 atom stereocenters. The molecule has 1 aromatic carbocycles. The van der Waals surface area contributed by atoms with Crippen molar-refractivity contribution in [2.45, 2.75) is 53.0 Å². The summed E-state index contributed by atoms with van der Waals surface area (Å²) in [4.78, 5) is 0. The van der Waals surface area contributed by atoms with Gasteiger partial charge in [0.15, 0.2) is 0 Å². The zero-order valence-corrected chi connectivity index (χ0v) is 13.5. The lowest BCUT2D eigenvalue weighted by Gasteiger charge is -2.23. The summed E-state index contributed by atoms with van der Waals surface area (Å²) in [6.07, 6.45) is 3.87. The molecule has 0 radical (unpaired) electrons. The van der Waals surface area contributed by atoms with Crippen molar-refractivity contribution in [1.82, 2.24) is 5.32 Å². The van der Waals surface area contributed by atoms with Crippen molar-refractivity contribution < 1.29 is 4.74 Å². The highest BCUT2D eigenvalue weighted by atomic mass is 16.5. The summed E-state index contributed by atoms with van der Waals surface area (Å²) in [5.41, 5.74) is 5.54. The second-order valence-corrected chi connectivity index (χ2v) is 6.30. The van der Waals surface area contributed by atoms with Crippen LogP contribution in [-0.2, 0) is 4.74 Å². The van der Waals surface area contributed by atoms with Gasteiger partial charge in [-0.3, -0.25) is 0 Å². The van der Waals surface area contributed by atoms with Gasteiger partial charge in [-0.2, -0.15) is 0 Å². The van der Waals surface area contributed by atoms with E-state index in [1.54, 1.807) is 0 Å². The van der Waals surface area contributed by atoms with E-state index in [1.165, 1.54) is 35.1 Å². The summed E-state index contributed by atoms with van der Waals surface area (Å²) < 4.78 is 5.95. The van der Waals surface area contributed by atoms with Crippen molar-refractivity contribution in [3.63, 3.8) is 0 Å². The average Bonchev–Trinajstić information content (AvgIpc) is 3.18. The first-order valence-corrected chi connectivity index (χ1v) is 8.00. The molecule has 0 heterocycles. The van der Waals surface area contributed by atoms with Crippen molar-refractivity contribution >= 4 is 0 Å². The highest BCUT2D eigenvalue weighted by Crippen LogP contribution is 2.30. The van der Waals surface area contributed by atoms with Gasteiger partial charge in [-0.1, -0.05) is 24.6 Å². The molecule has 1 fully saturated rings. The molecule has 1 aromatic rings. The van der Waals surface area contributed by atoms with Crippen LogP contribution in [0.4, 0.5) is 0 Å². The summed E-state index contributed by atoms with van der Waals surface area (Å²) >= 11 is 0. The lowest BCUT2D eigenvalue weighted by molar-refractivity contribution is 0.102. The van der Waals surface area contributed by atoms with Gasteiger partial charge in [-0.15, -0.1) is 0 Å². The zero-order valence-electron chi connectivity index (χ0n) is 13.5. The van der Waals surface area contributed by atoms with Gasteiger partial charge >= 0.3 is 0 Å². The lowest BCUT2D eigenvalue weighted by Crippen LogP contribution is -2.28. The molecule has 1 unspecified atom stereocenters. The fraction of sp³-hybridized carbons (Fsp3) is 0.667. The van der Waals surface area contributed by atoms with Gasteiger partial charge in [0.25, 0.3) is 0 Å². The Labute approximate surface area is 123 Å². The van der Waals surface area contributed by atoms with Crippen LogP contribution in [0, 0.1) is 26.7 Å². The minimum Gasteiger partial charge on any atom is -0.379 e. The molecule has 112 valence electrons. The molecule has 0 aliphatic heterocycles. The Balaban J connectivity index is 2.07. The van der Waals surface area contributed by atoms with Crippen LogP contribution in [0.15, 0.2) is 12.1 Å². The Kier molecular flexibility index (Phi) is 5.62. The normalized spacial score (nSPS) is 16.4. The second kappa shape index (κ2) is 7.24. The maximum absolute atomic E-state index is 5.95. The van der Waals surface area contributed by atoms with Gasteiger partial charge in [0.1, 0.15) is 0 Å². The molecule has 2 rings (SSSR count). The Hall–Kier alpha value is -0.860. The molecule has 0 aromatic heterocycles. The molecule has 20 heavy (non-hydrogen) atoms. The van der Waals surface area contributed by atoms with E-state index in [4.69, 9.17) is 4.74 Å². The van der Waals surface area contributed by atoms with Crippen LogP contribution in [0.25, 0.3) is 0 Å². The molecule has 1 aliphatic carbocycles. The van der Waals surface area contributed by atoms with Gasteiger partial charge in [-0.05, 0) is 69.2 Å².